The first-order valence-corrected chi connectivity index (χ1v) is 11.6. The summed E-state index contributed by atoms with van der Waals surface area (Å²) in [6.07, 6.45) is 0. The van der Waals surface area contributed by atoms with E-state index in [1.54, 1.807) is 44.4 Å². The van der Waals surface area contributed by atoms with Gasteiger partial charge in [-0.05, 0) is 60.5 Å². The standard InChI is InChI=1S/C26H30N2O6S/c1-15(2)13-34-25(30)22-16(3)27-26(35)28-23(22)19-10-11-20(21(12-19)31-4)33-14-17-6-8-18(9-7-17)24(29)32-5/h6-12,15,23H,13-14H2,1-5H3,(H2,27,28,35). The normalized spacial score (nSPS) is 15.3. The molecule has 2 N–H and O–H groups in total. The van der Waals surface area contributed by atoms with Gasteiger partial charge in [-0.3, -0.25) is 0 Å². The van der Waals surface area contributed by atoms with Gasteiger partial charge in [0.25, 0.3) is 0 Å². The summed E-state index contributed by atoms with van der Waals surface area (Å²) >= 11 is 5.33. The first-order valence-electron chi connectivity index (χ1n) is 11.2. The molecule has 0 fully saturated rings. The Morgan fingerprint density at radius 2 is 1.74 bits per heavy atom. The van der Waals surface area contributed by atoms with Gasteiger partial charge >= 0.3 is 11.9 Å². The molecule has 8 nitrogen and oxygen atoms in total. The lowest BCUT2D eigenvalue weighted by atomic mass is 9.95. The summed E-state index contributed by atoms with van der Waals surface area (Å²) < 4.78 is 21.7. The first-order chi connectivity index (χ1) is 16.7. The molecule has 1 aliphatic rings. The van der Waals surface area contributed by atoms with Crippen LogP contribution in [-0.2, 0) is 20.9 Å². The highest BCUT2D eigenvalue weighted by Crippen LogP contribution is 2.35. The number of allylic oxidation sites excluding steroid dienone is 1. The number of methoxy groups -OCH3 is 2. The third-order valence-corrected chi connectivity index (χ3v) is 5.55. The number of hydrogen-bond acceptors (Lipinski definition) is 7. The number of ether oxygens (including phenoxy) is 4. The second-order valence-corrected chi connectivity index (χ2v) is 8.86. The van der Waals surface area contributed by atoms with Crippen LogP contribution in [0, 0.1) is 5.92 Å². The van der Waals surface area contributed by atoms with E-state index in [2.05, 4.69) is 10.6 Å². The summed E-state index contributed by atoms with van der Waals surface area (Å²) in [6, 6.07) is 11.9. The molecule has 35 heavy (non-hydrogen) atoms. The molecule has 0 spiro atoms. The third-order valence-electron chi connectivity index (χ3n) is 5.33. The molecule has 186 valence electrons. The van der Waals surface area contributed by atoms with Gasteiger partial charge in [0.2, 0.25) is 0 Å². The lowest BCUT2D eigenvalue weighted by Gasteiger charge is -2.30. The van der Waals surface area contributed by atoms with Crippen molar-refractivity contribution in [3.8, 4) is 11.5 Å². The summed E-state index contributed by atoms with van der Waals surface area (Å²) in [6.45, 7) is 6.36. The summed E-state index contributed by atoms with van der Waals surface area (Å²) in [5, 5.41) is 6.58. The van der Waals surface area contributed by atoms with Gasteiger partial charge in [0, 0.05) is 5.70 Å². The molecule has 9 heteroatoms. The summed E-state index contributed by atoms with van der Waals surface area (Å²) in [5.41, 5.74) is 3.22. The highest BCUT2D eigenvalue weighted by Gasteiger charge is 2.31. The van der Waals surface area contributed by atoms with Gasteiger partial charge in [-0.1, -0.05) is 32.0 Å². The largest absolute Gasteiger partial charge is 0.493 e. The van der Waals surface area contributed by atoms with Crippen LogP contribution in [0.2, 0.25) is 0 Å². The molecule has 3 rings (SSSR count). The van der Waals surface area contributed by atoms with Crippen LogP contribution in [0.4, 0.5) is 0 Å². The number of rotatable bonds is 9. The lowest BCUT2D eigenvalue weighted by Crippen LogP contribution is -2.45. The summed E-state index contributed by atoms with van der Waals surface area (Å²) in [5.74, 6) is 0.467. The van der Waals surface area contributed by atoms with Crippen molar-refractivity contribution in [3.05, 3.63) is 70.4 Å². The van der Waals surface area contributed by atoms with Crippen molar-refractivity contribution < 1.29 is 28.5 Å². The van der Waals surface area contributed by atoms with Crippen molar-refractivity contribution >= 4 is 29.3 Å². The topological polar surface area (TPSA) is 95.1 Å². The number of esters is 2. The second kappa shape index (κ2) is 11.7. The quantitative estimate of drug-likeness (QED) is 0.392. The van der Waals surface area contributed by atoms with Crippen LogP contribution in [0.1, 0.15) is 48.3 Å². The molecule has 1 aliphatic heterocycles. The van der Waals surface area contributed by atoms with E-state index >= 15 is 0 Å². The number of nitrogens with one attached hydrogen (secondary N) is 2. The van der Waals surface area contributed by atoms with Gasteiger partial charge in [0.1, 0.15) is 6.61 Å². The Morgan fingerprint density at radius 1 is 1.03 bits per heavy atom. The summed E-state index contributed by atoms with van der Waals surface area (Å²) in [7, 11) is 2.90. The minimum absolute atomic E-state index is 0.220. The van der Waals surface area contributed by atoms with E-state index in [0.717, 1.165) is 11.1 Å². The second-order valence-electron chi connectivity index (χ2n) is 8.45. The van der Waals surface area contributed by atoms with Gasteiger partial charge in [-0.15, -0.1) is 0 Å². The van der Waals surface area contributed by atoms with Crippen molar-refractivity contribution in [1.29, 1.82) is 0 Å². The highest BCUT2D eigenvalue weighted by atomic mass is 32.1. The number of hydrogen-bond donors (Lipinski definition) is 2. The van der Waals surface area contributed by atoms with E-state index in [4.69, 9.17) is 31.2 Å². The molecule has 2 aromatic carbocycles. The SMILES string of the molecule is COC(=O)c1ccc(COc2ccc(C3NC(=S)NC(C)=C3C(=O)OCC(C)C)cc2OC)cc1. The maximum absolute atomic E-state index is 12.9. The average Bonchev–Trinajstić information content (AvgIpc) is 2.85. The zero-order valence-electron chi connectivity index (χ0n) is 20.5. The number of benzene rings is 2. The smallest absolute Gasteiger partial charge is 0.338 e. The van der Waals surface area contributed by atoms with Gasteiger partial charge in [-0.25, -0.2) is 9.59 Å². The Hall–Kier alpha value is -3.59. The van der Waals surface area contributed by atoms with Crippen molar-refractivity contribution in [1.82, 2.24) is 10.6 Å². The average molecular weight is 499 g/mol. The third kappa shape index (κ3) is 6.51. The lowest BCUT2D eigenvalue weighted by molar-refractivity contribution is -0.140. The van der Waals surface area contributed by atoms with E-state index in [-0.39, 0.29) is 12.5 Å². The Kier molecular flexibility index (Phi) is 8.70. The zero-order chi connectivity index (χ0) is 25.5. The van der Waals surface area contributed by atoms with E-state index in [1.165, 1.54) is 7.11 Å². The number of carbonyl (C=O) groups excluding carboxylic acids is 2. The van der Waals surface area contributed by atoms with Crippen molar-refractivity contribution in [2.45, 2.75) is 33.4 Å². The minimum Gasteiger partial charge on any atom is -0.493 e. The van der Waals surface area contributed by atoms with E-state index in [1.807, 2.05) is 26.0 Å². The molecule has 0 aromatic heterocycles. The maximum atomic E-state index is 12.9. The fraction of sp³-hybridized carbons (Fsp3) is 0.346. The van der Waals surface area contributed by atoms with Gasteiger partial charge in [0.15, 0.2) is 16.6 Å². The molecule has 1 heterocycles. The fourth-order valence-corrected chi connectivity index (χ4v) is 3.80. The fourth-order valence-electron chi connectivity index (χ4n) is 3.53. The Bertz CT molecular complexity index is 1130. The molecule has 1 unspecified atom stereocenters. The molecule has 2 aromatic rings. The van der Waals surface area contributed by atoms with Gasteiger partial charge < -0.3 is 29.6 Å². The van der Waals surface area contributed by atoms with Crippen molar-refractivity contribution in [3.63, 3.8) is 0 Å². The molecular weight excluding hydrogens is 468 g/mol. The molecular formula is C26H30N2O6S. The van der Waals surface area contributed by atoms with Crippen LogP contribution in [0.15, 0.2) is 53.7 Å². The molecule has 0 saturated carbocycles. The van der Waals surface area contributed by atoms with Gasteiger partial charge in [0.05, 0.1) is 38.0 Å². The predicted octanol–water partition coefficient (Wildman–Crippen LogP) is 4.05. The van der Waals surface area contributed by atoms with E-state index in [9.17, 15) is 9.59 Å². The predicted molar refractivity (Wildman–Crippen MR) is 135 cm³/mol. The van der Waals surface area contributed by atoms with Crippen LogP contribution in [0.25, 0.3) is 0 Å². The van der Waals surface area contributed by atoms with E-state index < -0.39 is 18.0 Å². The monoisotopic (exact) mass is 498 g/mol. The molecule has 0 bridgehead atoms. The van der Waals surface area contributed by atoms with Crippen LogP contribution in [-0.4, -0.2) is 37.9 Å². The highest BCUT2D eigenvalue weighted by molar-refractivity contribution is 7.80. The Balaban J connectivity index is 1.80. The van der Waals surface area contributed by atoms with Crippen LogP contribution in [0.5, 0.6) is 11.5 Å². The van der Waals surface area contributed by atoms with Gasteiger partial charge in [-0.2, -0.15) is 0 Å². The van der Waals surface area contributed by atoms with Crippen molar-refractivity contribution in [2.24, 2.45) is 5.92 Å². The molecule has 0 saturated heterocycles. The first kappa shape index (κ1) is 26.0. The number of carbonyl (C=O) groups is 2. The minimum atomic E-state index is -0.503. The summed E-state index contributed by atoms with van der Waals surface area (Å²) in [4.78, 5) is 24.5. The van der Waals surface area contributed by atoms with E-state index in [0.29, 0.717) is 40.1 Å². The molecule has 1 atom stereocenters. The Labute approximate surface area is 210 Å². The zero-order valence-corrected chi connectivity index (χ0v) is 21.3. The maximum Gasteiger partial charge on any atom is 0.338 e. The Morgan fingerprint density at radius 3 is 2.37 bits per heavy atom. The number of thiocarbonyl (C=S) groups is 1. The van der Waals surface area contributed by atoms with Crippen LogP contribution >= 0.6 is 12.2 Å². The molecule has 0 radical (unpaired) electrons. The molecule has 0 amide bonds. The van der Waals surface area contributed by atoms with Crippen LogP contribution in [0.3, 0.4) is 0 Å². The van der Waals surface area contributed by atoms with Crippen molar-refractivity contribution in [2.75, 3.05) is 20.8 Å². The molecule has 0 aliphatic carbocycles. The van der Waals surface area contributed by atoms with Crippen LogP contribution < -0.4 is 20.1 Å².